The molecule has 2 aliphatic rings. The summed E-state index contributed by atoms with van der Waals surface area (Å²) >= 11 is 2.11. The van der Waals surface area contributed by atoms with E-state index in [-0.39, 0.29) is 0 Å². The van der Waals surface area contributed by atoms with Gasteiger partial charge in [-0.1, -0.05) is 22.6 Å². The van der Waals surface area contributed by atoms with Crippen LogP contribution >= 0.6 is 22.6 Å². The van der Waals surface area contributed by atoms with Crippen molar-refractivity contribution in [3.8, 4) is 0 Å². The summed E-state index contributed by atoms with van der Waals surface area (Å²) in [7, 11) is 0. The Hall–Kier alpha value is 0.580. The molecule has 0 aromatic heterocycles. The number of hydrogen-bond acceptors (Lipinski definition) is 2. The fourth-order valence-corrected chi connectivity index (χ4v) is 2.84. The van der Waals surface area contributed by atoms with Crippen LogP contribution in [0, 0.1) is 0 Å². The maximum atomic E-state index is 14.0. The van der Waals surface area contributed by atoms with Crippen LogP contribution in [0.4, 0.5) is 4.39 Å². The van der Waals surface area contributed by atoms with Crippen LogP contribution in [0.1, 0.15) is 25.7 Å². The van der Waals surface area contributed by atoms with Gasteiger partial charge in [0.1, 0.15) is 5.67 Å². The molecule has 1 unspecified atom stereocenters. The highest BCUT2D eigenvalue weighted by Crippen LogP contribution is 2.43. The zero-order valence-electron chi connectivity index (χ0n) is 7.52. The molecule has 4 heteroatoms. The van der Waals surface area contributed by atoms with Crippen molar-refractivity contribution in [2.24, 2.45) is 0 Å². The highest BCUT2D eigenvalue weighted by Gasteiger charge is 2.48. The van der Waals surface area contributed by atoms with E-state index in [9.17, 15) is 4.39 Å². The van der Waals surface area contributed by atoms with Crippen LogP contribution in [0.5, 0.6) is 0 Å². The van der Waals surface area contributed by atoms with Gasteiger partial charge in [0.2, 0.25) is 0 Å². The largest absolute Gasteiger partial charge is 0.347 e. The van der Waals surface area contributed by atoms with Gasteiger partial charge in [-0.25, -0.2) is 4.39 Å². The molecule has 0 bridgehead atoms. The van der Waals surface area contributed by atoms with E-state index in [1.807, 2.05) is 0 Å². The van der Waals surface area contributed by atoms with Crippen LogP contribution in [0.3, 0.4) is 0 Å². The molecule has 0 radical (unpaired) electrons. The average Bonchev–Trinajstić information content (AvgIpc) is 2.53. The minimum atomic E-state index is -1.07. The lowest BCUT2D eigenvalue weighted by Gasteiger charge is -2.39. The summed E-state index contributed by atoms with van der Waals surface area (Å²) in [6.45, 7) is 1.24. The van der Waals surface area contributed by atoms with Gasteiger partial charge in [-0.2, -0.15) is 0 Å². The molecule has 0 aromatic carbocycles. The van der Waals surface area contributed by atoms with Gasteiger partial charge in [-0.3, -0.25) is 0 Å². The predicted octanol–water partition coefficient (Wildman–Crippen LogP) is 2.45. The van der Waals surface area contributed by atoms with Crippen LogP contribution in [0.2, 0.25) is 0 Å². The van der Waals surface area contributed by atoms with E-state index in [2.05, 4.69) is 22.6 Å². The normalized spacial score (nSPS) is 38.3. The summed E-state index contributed by atoms with van der Waals surface area (Å²) in [6.07, 6.45) is 2.81. The SMILES string of the molecule is FC1(CI)CCCC2(C1)OCCO2. The van der Waals surface area contributed by atoms with Gasteiger partial charge in [0, 0.05) is 17.3 Å². The zero-order valence-corrected chi connectivity index (χ0v) is 9.68. The molecule has 1 saturated heterocycles. The average molecular weight is 300 g/mol. The van der Waals surface area contributed by atoms with Crippen molar-refractivity contribution in [1.29, 1.82) is 0 Å². The maximum absolute atomic E-state index is 14.0. The lowest BCUT2D eigenvalue weighted by molar-refractivity contribution is -0.200. The van der Waals surface area contributed by atoms with Gasteiger partial charge in [0.25, 0.3) is 0 Å². The summed E-state index contributed by atoms with van der Waals surface area (Å²) in [4.78, 5) is 0. The minimum Gasteiger partial charge on any atom is -0.347 e. The quantitative estimate of drug-likeness (QED) is 0.547. The topological polar surface area (TPSA) is 18.5 Å². The Morgan fingerprint density at radius 3 is 2.54 bits per heavy atom. The first-order valence-corrected chi connectivity index (χ1v) is 6.24. The fourth-order valence-electron chi connectivity index (χ4n) is 2.19. The highest BCUT2D eigenvalue weighted by atomic mass is 127. The van der Waals surface area contributed by atoms with Crippen molar-refractivity contribution in [2.75, 3.05) is 17.6 Å². The number of hydrogen-bond donors (Lipinski definition) is 0. The van der Waals surface area contributed by atoms with E-state index in [0.717, 1.165) is 12.8 Å². The van der Waals surface area contributed by atoms with E-state index < -0.39 is 11.5 Å². The lowest BCUT2D eigenvalue weighted by atomic mass is 9.83. The molecule has 1 saturated carbocycles. The van der Waals surface area contributed by atoms with Crippen LogP contribution in [-0.4, -0.2) is 29.1 Å². The van der Waals surface area contributed by atoms with Gasteiger partial charge in [0.15, 0.2) is 5.79 Å². The molecule has 0 N–H and O–H groups in total. The second-order valence-corrected chi connectivity index (χ2v) is 4.69. The molecule has 0 amide bonds. The van der Waals surface area contributed by atoms with E-state index >= 15 is 0 Å². The van der Waals surface area contributed by atoms with Crippen molar-refractivity contribution in [3.05, 3.63) is 0 Å². The standard InChI is InChI=1S/C9H14FIO2/c10-8(7-11)2-1-3-9(6-8)12-4-5-13-9/h1-7H2. The van der Waals surface area contributed by atoms with Crippen molar-refractivity contribution < 1.29 is 13.9 Å². The second-order valence-electron chi connectivity index (χ2n) is 3.92. The smallest absolute Gasteiger partial charge is 0.171 e. The lowest BCUT2D eigenvalue weighted by Crippen LogP contribution is -2.44. The molecule has 1 aliphatic heterocycles. The maximum Gasteiger partial charge on any atom is 0.171 e. The summed E-state index contributed by atoms with van der Waals surface area (Å²) in [5.41, 5.74) is -1.07. The number of rotatable bonds is 1. The molecule has 1 heterocycles. The Bertz CT molecular complexity index is 194. The number of halogens is 2. The molecule has 2 fully saturated rings. The highest BCUT2D eigenvalue weighted by molar-refractivity contribution is 14.1. The molecule has 0 aromatic rings. The number of ether oxygens (including phenoxy) is 2. The molecule has 1 atom stereocenters. The molecule has 2 rings (SSSR count). The van der Waals surface area contributed by atoms with Gasteiger partial charge in [0.05, 0.1) is 13.2 Å². The predicted molar refractivity (Wildman–Crippen MR) is 55.8 cm³/mol. The molecule has 1 spiro atoms. The number of alkyl halides is 2. The zero-order chi connectivity index (χ0) is 9.36. The Kier molecular flexibility index (Phi) is 2.82. The van der Waals surface area contributed by atoms with E-state index in [4.69, 9.17) is 9.47 Å². The van der Waals surface area contributed by atoms with Crippen LogP contribution in [0.15, 0.2) is 0 Å². The minimum absolute atomic E-state index is 0.420. The fraction of sp³-hybridized carbons (Fsp3) is 1.00. The Morgan fingerprint density at radius 2 is 1.92 bits per heavy atom. The van der Waals surface area contributed by atoms with Crippen LogP contribution in [0.25, 0.3) is 0 Å². The van der Waals surface area contributed by atoms with Gasteiger partial charge in [-0.05, 0) is 12.8 Å². The third-order valence-electron chi connectivity index (χ3n) is 2.82. The molecule has 2 nitrogen and oxygen atoms in total. The van der Waals surface area contributed by atoms with Crippen LogP contribution in [-0.2, 0) is 9.47 Å². The molecule has 76 valence electrons. The monoisotopic (exact) mass is 300 g/mol. The summed E-state index contributed by atoms with van der Waals surface area (Å²) in [5.74, 6) is -0.571. The van der Waals surface area contributed by atoms with E-state index in [1.165, 1.54) is 0 Å². The second kappa shape index (κ2) is 3.62. The van der Waals surface area contributed by atoms with Gasteiger partial charge >= 0.3 is 0 Å². The van der Waals surface area contributed by atoms with Gasteiger partial charge in [-0.15, -0.1) is 0 Å². The summed E-state index contributed by atoms with van der Waals surface area (Å²) in [5, 5.41) is 0. The molecule has 13 heavy (non-hydrogen) atoms. The summed E-state index contributed by atoms with van der Waals surface area (Å²) in [6, 6.07) is 0. The van der Waals surface area contributed by atoms with Crippen LogP contribution < -0.4 is 0 Å². The Labute approximate surface area is 91.3 Å². The Morgan fingerprint density at radius 1 is 1.23 bits per heavy atom. The van der Waals surface area contributed by atoms with Gasteiger partial charge < -0.3 is 9.47 Å². The first-order valence-electron chi connectivity index (χ1n) is 4.71. The first kappa shape index (κ1) is 10.1. The first-order chi connectivity index (χ1) is 6.18. The summed E-state index contributed by atoms with van der Waals surface area (Å²) < 4.78 is 25.6. The molecular formula is C9H14FIO2. The van der Waals surface area contributed by atoms with E-state index in [0.29, 0.717) is 30.5 Å². The third kappa shape index (κ3) is 1.99. The van der Waals surface area contributed by atoms with Crippen molar-refractivity contribution in [2.45, 2.75) is 37.1 Å². The van der Waals surface area contributed by atoms with Crippen molar-refractivity contribution in [1.82, 2.24) is 0 Å². The van der Waals surface area contributed by atoms with Crippen molar-refractivity contribution in [3.63, 3.8) is 0 Å². The molecular weight excluding hydrogens is 286 g/mol. The molecule has 1 aliphatic carbocycles. The van der Waals surface area contributed by atoms with Crippen molar-refractivity contribution >= 4 is 22.6 Å². The third-order valence-corrected chi connectivity index (χ3v) is 4.19. The van der Waals surface area contributed by atoms with E-state index in [1.54, 1.807) is 0 Å². The Balaban J connectivity index is 2.06.